The van der Waals surface area contributed by atoms with Crippen LogP contribution in [-0.4, -0.2) is 34.5 Å². The fourth-order valence-corrected chi connectivity index (χ4v) is 4.13. The Morgan fingerprint density at radius 1 is 1.27 bits per heavy atom. The summed E-state index contributed by atoms with van der Waals surface area (Å²) in [6.45, 7) is 4.51. The van der Waals surface area contributed by atoms with Crippen LogP contribution >= 0.6 is 11.8 Å². The SMILES string of the molecule is CC1SCCCC1(C#N)N1CCCCC1. The molecule has 2 rings (SSSR count). The van der Waals surface area contributed by atoms with Gasteiger partial charge in [-0.3, -0.25) is 4.90 Å². The molecule has 0 aromatic heterocycles. The average molecular weight is 224 g/mol. The van der Waals surface area contributed by atoms with Crippen molar-refractivity contribution in [3.8, 4) is 6.07 Å². The van der Waals surface area contributed by atoms with E-state index in [1.807, 2.05) is 11.8 Å². The fraction of sp³-hybridized carbons (Fsp3) is 0.917. The van der Waals surface area contributed by atoms with Crippen LogP contribution in [0.15, 0.2) is 0 Å². The second-order valence-electron chi connectivity index (χ2n) is 4.70. The van der Waals surface area contributed by atoms with E-state index in [9.17, 15) is 5.26 Å². The summed E-state index contributed by atoms with van der Waals surface area (Å²) >= 11 is 1.98. The lowest BCUT2D eigenvalue weighted by molar-refractivity contribution is 0.0998. The van der Waals surface area contributed by atoms with Crippen LogP contribution in [0, 0.1) is 11.3 Å². The maximum atomic E-state index is 9.56. The van der Waals surface area contributed by atoms with Gasteiger partial charge in [-0.25, -0.2) is 0 Å². The molecule has 2 nitrogen and oxygen atoms in total. The maximum absolute atomic E-state index is 9.56. The van der Waals surface area contributed by atoms with E-state index in [1.54, 1.807) is 0 Å². The molecule has 0 saturated carbocycles. The van der Waals surface area contributed by atoms with Crippen molar-refractivity contribution in [2.45, 2.75) is 49.8 Å². The first kappa shape index (κ1) is 11.3. The van der Waals surface area contributed by atoms with E-state index in [2.05, 4.69) is 17.9 Å². The Hall–Kier alpha value is -0.200. The summed E-state index contributed by atoms with van der Waals surface area (Å²) in [5.41, 5.74) is -0.149. The molecule has 2 aliphatic rings. The summed E-state index contributed by atoms with van der Waals surface area (Å²) in [7, 11) is 0. The number of likely N-dealkylation sites (tertiary alicyclic amines) is 1. The van der Waals surface area contributed by atoms with Crippen molar-refractivity contribution >= 4 is 11.8 Å². The molecule has 0 spiro atoms. The van der Waals surface area contributed by atoms with Crippen molar-refractivity contribution in [2.24, 2.45) is 0 Å². The number of piperidine rings is 1. The highest BCUT2D eigenvalue weighted by molar-refractivity contribution is 8.00. The number of hydrogen-bond acceptors (Lipinski definition) is 3. The molecule has 2 fully saturated rings. The van der Waals surface area contributed by atoms with E-state index in [1.165, 1.54) is 31.4 Å². The quantitative estimate of drug-likeness (QED) is 0.685. The largest absolute Gasteiger partial charge is 0.285 e. The minimum atomic E-state index is -0.149. The van der Waals surface area contributed by atoms with E-state index in [4.69, 9.17) is 0 Å². The minimum Gasteiger partial charge on any atom is -0.285 e. The predicted octanol–water partition coefficient (Wildman–Crippen LogP) is 2.65. The van der Waals surface area contributed by atoms with Gasteiger partial charge in [-0.15, -0.1) is 0 Å². The number of rotatable bonds is 1. The van der Waals surface area contributed by atoms with Crippen molar-refractivity contribution in [1.29, 1.82) is 5.26 Å². The Morgan fingerprint density at radius 3 is 2.60 bits per heavy atom. The van der Waals surface area contributed by atoms with Crippen LogP contribution < -0.4 is 0 Å². The molecule has 2 heterocycles. The van der Waals surface area contributed by atoms with Gasteiger partial charge >= 0.3 is 0 Å². The first-order valence-electron chi connectivity index (χ1n) is 6.07. The van der Waals surface area contributed by atoms with Gasteiger partial charge in [0, 0.05) is 5.25 Å². The molecule has 0 amide bonds. The molecule has 3 heteroatoms. The van der Waals surface area contributed by atoms with Crippen LogP contribution in [-0.2, 0) is 0 Å². The zero-order chi connectivity index (χ0) is 10.7. The Balaban J connectivity index is 2.15. The number of nitriles is 1. The smallest absolute Gasteiger partial charge is 0.120 e. The standard InChI is InChI=1S/C12H20N2S/c1-11-12(10-13,6-5-9-15-11)14-7-3-2-4-8-14/h11H,2-9H2,1H3. The lowest BCUT2D eigenvalue weighted by Gasteiger charge is -2.46. The van der Waals surface area contributed by atoms with Gasteiger partial charge in [0.1, 0.15) is 5.54 Å². The second-order valence-corrected chi connectivity index (χ2v) is 6.15. The first-order chi connectivity index (χ1) is 7.29. The fourth-order valence-electron chi connectivity index (χ4n) is 2.87. The molecule has 84 valence electrons. The van der Waals surface area contributed by atoms with E-state index in [-0.39, 0.29) is 5.54 Å². The molecule has 0 bridgehead atoms. The maximum Gasteiger partial charge on any atom is 0.120 e. The van der Waals surface area contributed by atoms with Gasteiger partial charge in [0.05, 0.1) is 6.07 Å². The molecule has 0 aromatic rings. The zero-order valence-electron chi connectivity index (χ0n) is 9.54. The Morgan fingerprint density at radius 2 is 2.00 bits per heavy atom. The third-order valence-corrected chi connectivity index (χ3v) is 5.27. The van der Waals surface area contributed by atoms with Gasteiger partial charge in [-0.1, -0.05) is 13.3 Å². The highest BCUT2D eigenvalue weighted by Crippen LogP contribution is 2.39. The molecular formula is C12H20N2S. The van der Waals surface area contributed by atoms with Gasteiger partial charge in [0.15, 0.2) is 0 Å². The molecule has 0 aromatic carbocycles. The van der Waals surface area contributed by atoms with Crippen molar-refractivity contribution < 1.29 is 0 Å². The molecular weight excluding hydrogens is 204 g/mol. The van der Waals surface area contributed by atoms with Gasteiger partial charge in [-0.2, -0.15) is 17.0 Å². The summed E-state index contributed by atoms with van der Waals surface area (Å²) < 4.78 is 0. The van der Waals surface area contributed by atoms with Crippen LogP contribution in [0.25, 0.3) is 0 Å². The monoisotopic (exact) mass is 224 g/mol. The van der Waals surface area contributed by atoms with Crippen LogP contribution in [0.1, 0.15) is 39.0 Å². The van der Waals surface area contributed by atoms with Crippen LogP contribution in [0.4, 0.5) is 0 Å². The molecule has 2 unspecified atom stereocenters. The summed E-state index contributed by atoms with van der Waals surface area (Å²) in [6.07, 6.45) is 6.19. The number of hydrogen-bond donors (Lipinski definition) is 0. The summed E-state index contributed by atoms with van der Waals surface area (Å²) in [5.74, 6) is 1.23. The van der Waals surface area contributed by atoms with Crippen molar-refractivity contribution in [3.05, 3.63) is 0 Å². The molecule has 2 aliphatic heterocycles. The van der Waals surface area contributed by atoms with Crippen molar-refractivity contribution in [3.63, 3.8) is 0 Å². The summed E-state index contributed by atoms with van der Waals surface area (Å²) in [4.78, 5) is 2.47. The summed E-state index contributed by atoms with van der Waals surface area (Å²) in [6, 6.07) is 2.64. The van der Waals surface area contributed by atoms with E-state index in [0.29, 0.717) is 5.25 Å². The Bertz CT molecular complexity index is 255. The van der Waals surface area contributed by atoms with Gasteiger partial charge < -0.3 is 0 Å². The average Bonchev–Trinajstić information content (AvgIpc) is 2.31. The highest BCUT2D eigenvalue weighted by Gasteiger charge is 2.44. The first-order valence-corrected chi connectivity index (χ1v) is 7.12. The van der Waals surface area contributed by atoms with E-state index >= 15 is 0 Å². The molecule has 0 radical (unpaired) electrons. The highest BCUT2D eigenvalue weighted by atomic mass is 32.2. The van der Waals surface area contributed by atoms with Crippen LogP contribution in [0.2, 0.25) is 0 Å². The minimum absolute atomic E-state index is 0.149. The molecule has 2 saturated heterocycles. The third kappa shape index (κ3) is 2.03. The van der Waals surface area contributed by atoms with Gasteiger partial charge in [0.2, 0.25) is 0 Å². The molecule has 0 N–H and O–H groups in total. The molecule has 2 atom stereocenters. The predicted molar refractivity (Wildman–Crippen MR) is 64.9 cm³/mol. The molecule has 0 aliphatic carbocycles. The molecule has 15 heavy (non-hydrogen) atoms. The van der Waals surface area contributed by atoms with Crippen LogP contribution in [0.3, 0.4) is 0 Å². The Kier molecular flexibility index (Phi) is 3.58. The lowest BCUT2D eigenvalue weighted by Crippen LogP contribution is -2.56. The third-order valence-electron chi connectivity index (χ3n) is 3.86. The second kappa shape index (κ2) is 4.76. The zero-order valence-corrected chi connectivity index (χ0v) is 10.4. The number of nitrogens with zero attached hydrogens (tertiary/aromatic N) is 2. The van der Waals surface area contributed by atoms with E-state index in [0.717, 1.165) is 19.5 Å². The van der Waals surface area contributed by atoms with Crippen molar-refractivity contribution in [1.82, 2.24) is 4.90 Å². The summed E-state index contributed by atoms with van der Waals surface area (Å²) in [5, 5.41) is 10.0. The normalized spacial score (nSPS) is 38.5. The number of thioether (sulfide) groups is 1. The van der Waals surface area contributed by atoms with Gasteiger partial charge in [-0.05, 0) is 44.5 Å². The topological polar surface area (TPSA) is 27.0 Å². The van der Waals surface area contributed by atoms with E-state index < -0.39 is 0 Å². The van der Waals surface area contributed by atoms with Crippen LogP contribution in [0.5, 0.6) is 0 Å². The Labute approximate surface area is 97.0 Å². The lowest BCUT2D eigenvalue weighted by atomic mass is 9.87. The van der Waals surface area contributed by atoms with Crippen molar-refractivity contribution in [2.75, 3.05) is 18.8 Å². The van der Waals surface area contributed by atoms with Gasteiger partial charge in [0.25, 0.3) is 0 Å².